The Morgan fingerprint density at radius 2 is 2.15 bits per heavy atom. The average molecular weight is 190 g/mol. The summed E-state index contributed by atoms with van der Waals surface area (Å²) in [5, 5.41) is 1.47. The number of rotatable bonds is 2. The maximum Gasteiger partial charge on any atom is 0.0549 e. The Balaban J connectivity index is 2.49. The molecule has 0 aliphatic rings. The van der Waals surface area contributed by atoms with Crippen LogP contribution in [0.3, 0.4) is 0 Å². The van der Waals surface area contributed by atoms with E-state index in [1.54, 1.807) is 0 Å². The molecule has 0 fully saturated rings. The van der Waals surface area contributed by atoms with Gasteiger partial charge < -0.3 is 4.98 Å². The van der Waals surface area contributed by atoms with Crippen LogP contribution in [0.25, 0.3) is 10.9 Å². The van der Waals surface area contributed by atoms with Crippen LogP contribution in [0.4, 0.5) is 0 Å². The first-order valence-corrected chi connectivity index (χ1v) is 5.02. The average Bonchev–Trinajstić information content (AvgIpc) is 2.59. The van der Waals surface area contributed by atoms with Crippen LogP contribution < -0.4 is 0 Å². The lowest BCUT2D eigenvalue weighted by Crippen LogP contribution is -1.86. The highest BCUT2D eigenvalue weighted by molar-refractivity contribution is 7.80. The quantitative estimate of drug-likeness (QED) is 0.741. The molecule has 0 aliphatic heterocycles. The van der Waals surface area contributed by atoms with Crippen LogP contribution in [0.2, 0.25) is 0 Å². The summed E-state index contributed by atoms with van der Waals surface area (Å²) < 4.78 is 0. The molecule has 1 N–H and O–H groups in total. The molecule has 1 nitrogen and oxygen atoms in total. The van der Waals surface area contributed by atoms with E-state index in [9.17, 15) is 0 Å². The highest BCUT2D eigenvalue weighted by Crippen LogP contribution is 2.25. The molecule has 1 atom stereocenters. The van der Waals surface area contributed by atoms with Gasteiger partial charge in [0.25, 0.3) is 0 Å². The van der Waals surface area contributed by atoms with E-state index in [1.165, 1.54) is 16.6 Å². The molecule has 1 aromatic carbocycles. The number of fused-ring (bicyclic) bond motifs is 1. The van der Waals surface area contributed by atoms with Crippen LogP contribution in [0.5, 0.6) is 0 Å². The third kappa shape index (κ3) is 1.59. The van der Waals surface area contributed by atoms with Crippen molar-refractivity contribution in [3.8, 4) is 0 Å². The van der Waals surface area contributed by atoms with Crippen LogP contribution in [-0.4, -0.2) is 4.98 Å². The molecule has 0 spiro atoms. The second-order valence-corrected chi connectivity index (χ2v) is 3.78. The Labute approximate surface area is 83.6 Å². The lowest BCUT2D eigenvalue weighted by Gasteiger charge is -2.01. The molecule has 1 aromatic heterocycles. The first kappa shape index (κ1) is 8.70. The maximum absolute atomic E-state index is 5.31. The molecule has 0 amide bonds. The Bertz CT molecular complexity index is 372. The minimum absolute atomic E-state index is 0.215. The number of para-hydroxylation sites is 1. The van der Waals surface area contributed by atoms with E-state index in [1.807, 2.05) is 12.1 Å². The van der Waals surface area contributed by atoms with Crippen molar-refractivity contribution in [3.05, 3.63) is 36.0 Å². The van der Waals surface area contributed by atoms with Gasteiger partial charge in [-0.05, 0) is 23.9 Å². The lowest BCUT2D eigenvalue weighted by molar-refractivity contribution is 0.877. The van der Waals surface area contributed by atoms with Gasteiger partial charge in [0.05, 0.1) is 5.25 Å². The number of benzene rings is 1. The predicted molar refractivity (Wildman–Crippen MR) is 58.9 cm³/mol. The molecule has 1 radical (unpaired) electrons. The number of aromatic amines is 1. The van der Waals surface area contributed by atoms with Crippen LogP contribution >= 0.6 is 12.6 Å². The topological polar surface area (TPSA) is 15.8 Å². The molecular weight excluding hydrogens is 178 g/mol. The molecular formula is C11H12NS. The Kier molecular flexibility index (Phi) is 2.32. The highest BCUT2D eigenvalue weighted by atomic mass is 32.1. The minimum Gasteiger partial charge on any atom is -0.357 e. The van der Waals surface area contributed by atoms with Crippen LogP contribution in [0.1, 0.15) is 24.3 Å². The normalized spacial score (nSPS) is 13.4. The number of aromatic nitrogens is 1. The zero-order valence-electron chi connectivity index (χ0n) is 7.58. The summed E-state index contributed by atoms with van der Waals surface area (Å²) in [7, 11) is 0. The standard InChI is InChI=1S/C11H12NS/c1-2-11(13)10-7-8-5-3-4-6-9(8)12-10/h3-7,11-12H,2H2,1H3. The third-order valence-corrected chi connectivity index (χ3v) is 2.86. The van der Waals surface area contributed by atoms with Crippen molar-refractivity contribution >= 4 is 23.5 Å². The van der Waals surface area contributed by atoms with E-state index in [4.69, 9.17) is 12.6 Å². The van der Waals surface area contributed by atoms with Gasteiger partial charge in [-0.1, -0.05) is 37.8 Å². The van der Waals surface area contributed by atoms with Gasteiger partial charge in [-0.2, -0.15) is 0 Å². The monoisotopic (exact) mass is 190 g/mol. The van der Waals surface area contributed by atoms with E-state index < -0.39 is 0 Å². The first-order valence-electron chi connectivity index (χ1n) is 4.54. The first-order chi connectivity index (χ1) is 6.31. The zero-order valence-corrected chi connectivity index (χ0v) is 8.40. The Morgan fingerprint density at radius 1 is 1.38 bits per heavy atom. The zero-order chi connectivity index (χ0) is 9.26. The molecule has 13 heavy (non-hydrogen) atoms. The maximum atomic E-state index is 5.31. The third-order valence-electron chi connectivity index (χ3n) is 2.27. The summed E-state index contributed by atoms with van der Waals surface area (Å²) in [4.78, 5) is 3.34. The van der Waals surface area contributed by atoms with Crippen molar-refractivity contribution < 1.29 is 0 Å². The fourth-order valence-corrected chi connectivity index (χ4v) is 1.62. The number of hydrogen-bond donors (Lipinski definition) is 1. The van der Waals surface area contributed by atoms with Crippen molar-refractivity contribution in [2.75, 3.05) is 0 Å². The van der Waals surface area contributed by atoms with Crippen LogP contribution in [-0.2, 0) is 0 Å². The summed E-state index contributed by atoms with van der Waals surface area (Å²) in [6.45, 7) is 2.11. The second-order valence-electron chi connectivity index (χ2n) is 3.21. The van der Waals surface area contributed by atoms with E-state index in [0.29, 0.717) is 0 Å². The van der Waals surface area contributed by atoms with Crippen LogP contribution in [0, 0.1) is 0 Å². The van der Waals surface area contributed by atoms with E-state index in [2.05, 4.69) is 30.1 Å². The van der Waals surface area contributed by atoms with Gasteiger partial charge in [0.15, 0.2) is 0 Å². The fourth-order valence-electron chi connectivity index (χ4n) is 1.49. The summed E-state index contributed by atoms with van der Waals surface area (Å²) >= 11 is 5.31. The smallest absolute Gasteiger partial charge is 0.0549 e. The second kappa shape index (κ2) is 3.46. The number of hydrogen-bond acceptors (Lipinski definition) is 0. The van der Waals surface area contributed by atoms with Gasteiger partial charge in [0.1, 0.15) is 0 Å². The molecule has 67 valence electrons. The van der Waals surface area contributed by atoms with Gasteiger partial charge in [-0.15, -0.1) is 0 Å². The van der Waals surface area contributed by atoms with Gasteiger partial charge in [0, 0.05) is 11.2 Å². The van der Waals surface area contributed by atoms with Gasteiger partial charge in [-0.25, -0.2) is 0 Å². The summed E-state index contributed by atoms with van der Waals surface area (Å²) in [6, 6.07) is 10.4. The molecule has 0 aliphatic carbocycles. The molecule has 2 aromatic rings. The summed E-state index contributed by atoms with van der Waals surface area (Å²) in [5.74, 6) is 0. The largest absolute Gasteiger partial charge is 0.357 e. The lowest BCUT2D eigenvalue weighted by atomic mass is 10.2. The molecule has 0 bridgehead atoms. The van der Waals surface area contributed by atoms with Crippen molar-refractivity contribution in [3.63, 3.8) is 0 Å². The Morgan fingerprint density at radius 3 is 2.85 bits per heavy atom. The molecule has 2 heteroatoms. The van der Waals surface area contributed by atoms with E-state index in [0.717, 1.165) is 6.42 Å². The fraction of sp³-hybridized carbons (Fsp3) is 0.273. The molecule has 0 saturated heterocycles. The number of H-pyrrole nitrogens is 1. The van der Waals surface area contributed by atoms with Gasteiger partial charge in [-0.3, -0.25) is 0 Å². The van der Waals surface area contributed by atoms with Crippen molar-refractivity contribution in [1.29, 1.82) is 0 Å². The molecule has 1 unspecified atom stereocenters. The highest BCUT2D eigenvalue weighted by Gasteiger charge is 2.07. The van der Waals surface area contributed by atoms with E-state index >= 15 is 0 Å². The van der Waals surface area contributed by atoms with Gasteiger partial charge in [0.2, 0.25) is 0 Å². The van der Waals surface area contributed by atoms with Gasteiger partial charge >= 0.3 is 0 Å². The summed E-state index contributed by atoms with van der Waals surface area (Å²) in [5.41, 5.74) is 2.35. The minimum atomic E-state index is 0.215. The molecule has 1 heterocycles. The van der Waals surface area contributed by atoms with Crippen molar-refractivity contribution in [2.45, 2.75) is 18.6 Å². The van der Waals surface area contributed by atoms with Crippen LogP contribution in [0.15, 0.2) is 30.3 Å². The molecule has 2 rings (SSSR count). The predicted octanol–water partition coefficient (Wildman–Crippen LogP) is 3.82. The molecule has 0 saturated carbocycles. The number of nitrogens with one attached hydrogen (secondary N) is 1. The Hall–Kier alpha value is -0.890. The van der Waals surface area contributed by atoms with Crippen molar-refractivity contribution in [2.24, 2.45) is 0 Å². The van der Waals surface area contributed by atoms with E-state index in [-0.39, 0.29) is 5.25 Å². The summed E-state index contributed by atoms with van der Waals surface area (Å²) in [6.07, 6.45) is 1.00. The SMILES string of the molecule is CCC([S])c1cc2ccccc2[nH]1. The van der Waals surface area contributed by atoms with Crippen molar-refractivity contribution in [1.82, 2.24) is 4.98 Å².